The van der Waals surface area contributed by atoms with Gasteiger partial charge in [0, 0.05) is 44.1 Å². The second-order valence-electron chi connectivity index (χ2n) is 9.38. The highest BCUT2D eigenvalue weighted by atomic mass is 16.5. The van der Waals surface area contributed by atoms with Gasteiger partial charge in [-0.15, -0.1) is 10.2 Å². The van der Waals surface area contributed by atoms with E-state index in [1.165, 1.54) is 38.5 Å². The van der Waals surface area contributed by atoms with Crippen molar-refractivity contribution in [1.29, 1.82) is 0 Å². The minimum Gasteiger partial charge on any atom is -0.424 e. The number of nitrogens with zero attached hydrogens (tertiary/aromatic N) is 4. The summed E-state index contributed by atoms with van der Waals surface area (Å²) in [5.74, 6) is 2.91. The van der Waals surface area contributed by atoms with Crippen LogP contribution in [0.4, 0.5) is 0 Å². The van der Waals surface area contributed by atoms with Crippen molar-refractivity contribution in [2.24, 2.45) is 11.3 Å². The number of ether oxygens (including phenoxy) is 2. The van der Waals surface area contributed by atoms with Crippen LogP contribution in [0, 0.1) is 11.3 Å². The molecule has 3 atom stereocenters. The van der Waals surface area contributed by atoms with Gasteiger partial charge in [0.05, 0.1) is 26.4 Å². The first-order chi connectivity index (χ1) is 13.8. The van der Waals surface area contributed by atoms with Crippen LogP contribution in [-0.4, -0.2) is 79.1 Å². The van der Waals surface area contributed by atoms with E-state index in [4.69, 9.17) is 13.9 Å². The van der Waals surface area contributed by atoms with Crippen molar-refractivity contribution in [2.45, 2.75) is 57.0 Å². The highest BCUT2D eigenvalue weighted by Crippen LogP contribution is 2.48. The number of aromatic nitrogens is 2. The van der Waals surface area contributed by atoms with E-state index in [-0.39, 0.29) is 5.41 Å². The lowest BCUT2D eigenvalue weighted by molar-refractivity contribution is -0.0881. The van der Waals surface area contributed by atoms with E-state index >= 15 is 0 Å². The monoisotopic (exact) mass is 390 g/mol. The third-order valence-electron chi connectivity index (χ3n) is 7.49. The van der Waals surface area contributed by atoms with E-state index in [1.54, 1.807) is 0 Å². The molecule has 7 heteroatoms. The Hall–Kier alpha value is -1.02. The number of rotatable bonds is 6. The normalized spacial score (nSPS) is 35.0. The van der Waals surface area contributed by atoms with Crippen LogP contribution >= 0.6 is 0 Å². The van der Waals surface area contributed by atoms with E-state index in [9.17, 15) is 0 Å². The molecule has 2 aliphatic carbocycles. The Kier molecular flexibility index (Phi) is 5.43. The van der Waals surface area contributed by atoms with Crippen LogP contribution in [0.1, 0.15) is 56.2 Å². The first-order valence-corrected chi connectivity index (χ1v) is 11.1. The Balaban J connectivity index is 1.23. The lowest BCUT2D eigenvalue weighted by Crippen LogP contribution is -2.56. The number of fused-ring (bicyclic) bond motifs is 1. The van der Waals surface area contributed by atoms with Crippen molar-refractivity contribution >= 4 is 0 Å². The maximum absolute atomic E-state index is 5.92. The molecule has 5 rings (SSSR count). The summed E-state index contributed by atoms with van der Waals surface area (Å²) < 4.78 is 17.2. The van der Waals surface area contributed by atoms with Crippen molar-refractivity contribution in [1.82, 2.24) is 20.0 Å². The molecule has 2 saturated carbocycles. The zero-order valence-electron chi connectivity index (χ0n) is 17.1. The van der Waals surface area contributed by atoms with E-state index in [0.717, 1.165) is 76.3 Å². The lowest BCUT2D eigenvalue weighted by atomic mass is 9.62. The van der Waals surface area contributed by atoms with E-state index in [2.05, 4.69) is 20.0 Å². The molecule has 4 fully saturated rings. The van der Waals surface area contributed by atoms with Crippen molar-refractivity contribution < 1.29 is 13.9 Å². The minimum absolute atomic E-state index is 0.273. The summed E-state index contributed by atoms with van der Waals surface area (Å²) in [6.07, 6.45) is 7.49. The van der Waals surface area contributed by atoms with Crippen LogP contribution in [0.2, 0.25) is 0 Å². The maximum atomic E-state index is 5.92. The largest absolute Gasteiger partial charge is 0.424 e. The molecule has 0 bridgehead atoms. The van der Waals surface area contributed by atoms with Crippen molar-refractivity contribution in [2.75, 3.05) is 53.1 Å². The molecule has 156 valence electrons. The molecule has 4 aliphatic rings. The summed E-state index contributed by atoms with van der Waals surface area (Å²) in [6.45, 7) is 7.83. The third-order valence-corrected chi connectivity index (χ3v) is 7.49. The molecule has 0 aromatic carbocycles. The zero-order valence-corrected chi connectivity index (χ0v) is 17.1. The van der Waals surface area contributed by atoms with Crippen LogP contribution in [0.25, 0.3) is 0 Å². The smallest absolute Gasteiger partial charge is 0.230 e. The Morgan fingerprint density at radius 3 is 2.75 bits per heavy atom. The van der Waals surface area contributed by atoms with Crippen LogP contribution in [0.3, 0.4) is 0 Å². The minimum atomic E-state index is 0.273. The molecule has 1 aromatic heterocycles. The van der Waals surface area contributed by atoms with Gasteiger partial charge in [0.1, 0.15) is 0 Å². The molecule has 1 aromatic rings. The Bertz CT molecular complexity index is 658. The summed E-state index contributed by atoms with van der Waals surface area (Å²) in [5.41, 5.74) is 0.273. The zero-order chi connectivity index (χ0) is 19.0. The number of morpholine rings is 1. The average molecular weight is 391 g/mol. The molecule has 7 nitrogen and oxygen atoms in total. The van der Waals surface area contributed by atoms with Gasteiger partial charge in [0.25, 0.3) is 0 Å². The summed E-state index contributed by atoms with van der Waals surface area (Å²) in [4.78, 5) is 5.19. The first kappa shape index (κ1) is 19.0. The fourth-order valence-corrected chi connectivity index (χ4v) is 5.80. The van der Waals surface area contributed by atoms with Crippen LogP contribution in [0.15, 0.2) is 4.42 Å². The van der Waals surface area contributed by atoms with Gasteiger partial charge in [-0.2, -0.15) is 0 Å². The summed E-state index contributed by atoms with van der Waals surface area (Å²) in [5, 5.41) is 8.57. The topological polar surface area (TPSA) is 63.9 Å². The molecule has 2 saturated heterocycles. The predicted molar refractivity (Wildman–Crippen MR) is 104 cm³/mol. The second kappa shape index (κ2) is 8.01. The Labute approximate surface area is 167 Å². The fourth-order valence-electron chi connectivity index (χ4n) is 5.80. The number of likely N-dealkylation sites (tertiary alicyclic amines) is 1. The number of methoxy groups -OCH3 is 1. The van der Waals surface area contributed by atoms with Gasteiger partial charge in [-0.25, -0.2) is 0 Å². The van der Waals surface area contributed by atoms with Crippen LogP contribution in [-0.2, 0) is 16.0 Å². The van der Waals surface area contributed by atoms with Gasteiger partial charge in [0.2, 0.25) is 11.8 Å². The Morgan fingerprint density at radius 2 is 1.96 bits per heavy atom. The van der Waals surface area contributed by atoms with E-state index in [0.29, 0.717) is 5.92 Å². The molecular weight excluding hydrogens is 356 g/mol. The highest BCUT2D eigenvalue weighted by molar-refractivity contribution is 5.02. The third kappa shape index (κ3) is 3.86. The van der Waals surface area contributed by atoms with Gasteiger partial charge in [-0.05, 0) is 51.0 Å². The SMILES string of the molecule is COC[C@@]12CC[C@@H](N3CCOCC3)C[C@H]1CCN(Cc1nnc(C3CC3)o1)C2. The van der Waals surface area contributed by atoms with Crippen LogP contribution in [0.5, 0.6) is 0 Å². The van der Waals surface area contributed by atoms with Crippen molar-refractivity contribution in [3.8, 4) is 0 Å². The molecule has 0 radical (unpaired) electrons. The summed E-state index contributed by atoms with van der Waals surface area (Å²) in [6, 6.07) is 0.725. The lowest BCUT2D eigenvalue weighted by Gasteiger charge is -2.54. The summed E-state index contributed by atoms with van der Waals surface area (Å²) >= 11 is 0. The second-order valence-corrected chi connectivity index (χ2v) is 9.38. The fraction of sp³-hybridized carbons (Fsp3) is 0.905. The van der Waals surface area contributed by atoms with Gasteiger partial charge in [0.15, 0.2) is 0 Å². The molecule has 0 spiro atoms. The quantitative estimate of drug-likeness (QED) is 0.738. The predicted octanol–water partition coefficient (Wildman–Crippen LogP) is 2.29. The van der Waals surface area contributed by atoms with Crippen molar-refractivity contribution in [3.05, 3.63) is 11.8 Å². The first-order valence-electron chi connectivity index (χ1n) is 11.1. The molecule has 0 N–H and O–H groups in total. The molecule has 3 heterocycles. The Morgan fingerprint density at radius 1 is 1.11 bits per heavy atom. The van der Waals surface area contributed by atoms with Gasteiger partial charge in [-0.1, -0.05) is 0 Å². The summed E-state index contributed by atoms with van der Waals surface area (Å²) in [7, 11) is 1.86. The van der Waals surface area contributed by atoms with E-state index in [1.807, 2.05) is 7.11 Å². The average Bonchev–Trinajstić information content (AvgIpc) is 3.48. The molecule has 28 heavy (non-hydrogen) atoms. The molecule has 2 aliphatic heterocycles. The van der Waals surface area contributed by atoms with Gasteiger partial charge in [-0.3, -0.25) is 9.80 Å². The number of hydrogen-bond acceptors (Lipinski definition) is 7. The standard InChI is InChI=1S/C21H34N4O3/c1-26-15-21-6-4-18(25-8-10-27-11-9-25)12-17(21)5-7-24(14-21)13-19-22-23-20(28-19)16-2-3-16/h16-18H,2-15H2,1H3/t17-,18-,21+/m1/s1. The molecule has 0 amide bonds. The highest BCUT2D eigenvalue weighted by Gasteiger charge is 2.48. The van der Waals surface area contributed by atoms with Crippen LogP contribution < -0.4 is 0 Å². The van der Waals surface area contributed by atoms with Gasteiger partial charge < -0.3 is 13.9 Å². The number of piperidine rings is 1. The van der Waals surface area contributed by atoms with Gasteiger partial charge >= 0.3 is 0 Å². The molecule has 0 unspecified atom stereocenters. The van der Waals surface area contributed by atoms with E-state index < -0.39 is 0 Å². The number of hydrogen-bond donors (Lipinski definition) is 0. The van der Waals surface area contributed by atoms with Crippen molar-refractivity contribution in [3.63, 3.8) is 0 Å². The molecular formula is C21H34N4O3. The maximum Gasteiger partial charge on any atom is 0.230 e.